The zero-order valence-corrected chi connectivity index (χ0v) is 10.4. The number of aromatic nitrogens is 2. The molecule has 0 radical (unpaired) electrons. The number of nitriles is 1. The van der Waals surface area contributed by atoms with Gasteiger partial charge < -0.3 is 9.47 Å². The minimum Gasteiger partial charge on any atom is -0.331 e. The average molecular weight is 228 g/mol. The first kappa shape index (κ1) is 11.6. The number of benzene rings is 1. The molecule has 0 atom stereocenters. The summed E-state index contributed by atoms with van der Waals surface area (Å²) in [5.74, 6) is 1.02. The van der Waals surface area contributed by atoms with Gasteiger partial charge in [0.2, 0.25) is 0 Å². The van der Waals surface area contributed by atoms with Crippen LogP contribution >= 0.6 is 0 Å². The largest absolute Gasteiger partial charge is 0.331 e. The fourth-order valence-corrected chi connectivity index (χ4v) is 1.90. The molecule has 0 aliphatic rings. The van der Waals surface area contributed by atoms with Crippen LogP contribution in [0.5, 0.6) is 0 Å². The fourth-order valence-electron chi connectivity index (χ4n) is 1.90. The molecule has 4 nitrogen and oxygen atoms in total. The third-order valence-electron chi connectivity index (χ3n) is 2.91. The van der Waals surface area contributed by atoms with Crippen LogP contribution in [0.15, 0.2) is 18.2 Å². The lowest BCUT2D eigenvalue weighted by molar-refractivity contribution is 0.408. The van der Waals surface area contributed by atoms with Gasteiger partial charge in [0.1, 0.15) is 17.4 Å². The second-order valence-corrected chi connectivity index (χ2v) is 4.43. The molecule has 0 saturated carbocycles. The van der Waals surface area contributed by atoms with Gasteiger partial charge in [0, 0.05) is 20.0 Å². The Balaban J connectivity index is 2.46. The first-order chi connectivity index (χ1) is 8.13. The van der Waals surface area contributed by atoms with Crippen LogP contribution in [-0.2, 0) is 13.5 Å². The summed E-state index contributed by atoms with van der Waals surface area (Å²) < 4.78 is 2.07. The molecule has 1 aromatic heterocycles. The zero-order chi connectivity index (χ0) is 12.4. The Morgan fingerprint density at radius 1 is 1.41 bits per heavy atom. The number of hydrogen-bond donors (Lipinski definition) is 0. The Morgan fingerprint density at radius 2 is 2.18 bits per heavy atom. The van der Waals surface area contributed by atoms with E-state index in [9.17, 15) is 0 Å². The van der Waals surface area contributed by atoms with Gasteiger partial charge in [-0.15, -0.1) is 0 Å². The quantitative estimate of drug-likeness (QED) is 0.800. The van der Waals surface area contributed by atoms with Crippen LogP contribution in [0.3, 0.4) is 0 Å². The third kappa shape index (κ3) is 2.15. The topological polar surface area (TPSA) is 44.9 Å². The number of nitrogens with zero attached hydrogens (tertiary/aromatic N) is 4. The number of rotatable bonds is 3. The summed E-state index contributed by atoms with van der Waals surface area (Å²) >= 11 is 0. The van der Waals surface area contributed by atoms with Gasteiger partial charge in [-0.2, -0.15) is 5.26 Å². The Bertz CT molecular complexity index is 575. The van der Waals surface area contributed by atoms with Crippen molar-refractivity contribution in [3.8, 4) is 6.07 Å². The molecule has 0 amide bonds. The molecule has 0 unspecified atom stereocenters. The van der Waals surface area contributed by atoms with Crippen LogP contribution < -0.4 is 0 Å². The highest BCUT2D eigenvalue weighted by Crippen LogP contribution is 2.18. The van der Waals surface area contributed by atoms with Gasteiger partial charge in [-0.3, -0.25) is 0 Å². The Hall–Kier alpha value is -1.86. The van der Waals surface area contributed by atoms with E-state index < -0.39 is 0 Å². The van der Waals surface area contributed by atoms with Gasteiger partial charge in [0.25, 0.3) is 0 Å². The highest BCUT2D eigenvalue weighted by molar-refractivity contribution is 5.82. The number of likely N-dealkylation sites (N-methyl/N-ethyl adjacent to an activating group) is 1. The molecule has 1 aromatic carbocycles. The predicted molar refractivity (Wildman–Crippen MR) is 67.7 cm³/mol. The van der Waals surface area contributed by atoms with E-state index in [1.54, 1.807) is 0 Å². The number of hydrogen-bond acceptors (Lipinski definition) is 3. The molecule has 2 aromatic rings. The minimum atomic E-state index is 0.647. The maximum absolute atomic E-state index is 9.05. The maximum Gasteiger partial charge on any atom is 0.110 e. The summed E-state index contributed by atoms with van der Waals surface area (Å²) in [7, 11) is 6.09. The molecule has 0 fully saturated rings. The van der Waals surface area contributed by atoms with Gasteiger partial charge in [-0.1, -0.05) is 6.07 Å². The van der Waals surface area contributed by atoms with E-state index in [0.717, 1.165) is 29.8 Å². The number of para-hydroxylation sites is 1. The molecular weight excluding hydrogens is 212 g/mol. The molecule has 1 heterocycles. The lowest BCUT2D eigenvalue weighted by Crippen LogP contribution is -2.16. The van der Waals surface area contributed by atoms with Crippen molar-refractivity contribution >= 4 is 11.0 Å². The Morgan fingerprint density at radius 3 is 2.82 bits per heavy atom. The molecule has 0 bridgehead atoms. The van der Waals surface area contributed by atoms with Crippen molar-refractivity contribution < 1.29 is 0 Å². The number of aryl methyl sites for hydroxylation is 1. The van der Waals surface area contributed by atoms with E-state index >= 15 is 0 Å². The summed E-state index contributed by atoms with van der Waals surface area (Å²) in [6.45, 7) is 0.957. The summed E-state index contributed by atoms with van der Waals surface area (Å²) in [5, 5.41) is 9.05. The molecular formula is C13H16N4. The molecule has 0 spiro atoms. The molecule has 88 valence electrons. The van der Waals surface area contributed by atoms with Crippen molar-refractivity contribution in [1.29, 1.82) is 5.26 Å². The summed E-state index contributed by atoms with van der Waals surface area (Å²) in [5.41, 5.74) is 2.48. The van der Waals surface area contributed by atoms with Crippen LogP contribution in [-0.4, -0.2) is 35.1 Å². The van der Waals surface area contributed by atoms with E-state index in [2.05, 4.69) is 20.5 Å². The Kier molecular flexibility index (Phi) is 3.12. The average Bonchev–Trinajstić information content (AvgIpc) is 2.64. The summed E-state index contributed by atoms with van der Waals surface area (Å²) in [4.78, 5) is 6.70. The highest BCUT2D eigenvalue weighted by Gasteiger charge is 2.10. The predicted octanol–water partition coefficient (Wildman–Crippen LogP) is 1.55. The second-order valence-electron chi connectivity index (χ2n) is 4.43. The van der Waals surface area contributed by atoms with Gasteiger partial charge in [-0.25, -0.2) is 4.98 Å². The highest BCUT2D eigenvalue weighted by atomic mass is 15.1. The molecule has 0 N–H and O–H groups in total. The van der Waals surface area contributed by atoms with E-state index in [1.165, 1.54) is 0 Å². The number of fused-ring (bicyclic) bond motifs is 1. The maximum atomic E-state index is 9.05. The van der Waals surface area contributed by atoms with Crippen LogP contribution in [0, 0.1) is 11.3 Å². The minimum absolute atomic E-state index is 0.647. The van der Waals surface area contributed by atoms with Gasteiger partial charge in [0.15, 0.2) is 0 Å². The number of imidazole rings is 1. The van der Waals surface area contributed by atoms with Crippen molar-refractivity contribution in [2.24, 2.45) is 7.05 Å². The first-order valence-electron chi connectivity index (χ1n) is 5.62. The van der Waals surface area contributed by atoms with Crippen molar-refractivity contribution in [3.63, 3.8) is 0 Å². The van der Waals surface area contributed by atoms with E-state index in [1.807, 2.05) is 39.3 Å². The summed E-state index contributed by atoms with van der Waals surface area (Å²) in [6.07, 6.45) is 0.892. The fraction of sp³-hybridized carbons (Fsp3) is 0.385. The van der Waals surface area contributed by atoms with Crippen LogP contribution in [0.4, 0.5) is 0 Å². The SMILES string of the molecule is CN(C)CCc1nc2c(C#N)cccc2n1C. The molecule has 17 heavy (non-hydrogen) atoms. The zero-order valence-electron chi connectivity index (χ0n) is 10.4. The van der Waals surface area contributed by atoms with E-state index in [4.69, 9.17) is 5.26 Å². The standard InChI is InChI=1S/C13H16N4/c1-16(2)8-7-12-15-13-10(9-14)5-4-6-11(13)17(12)3/h4-6H,7-8H2,1-3H3. The molecule has 0 aliphatic carbocycles. The lowest BCUT2D eigenvalue weighted by atomic mass is 10.2. The van der Waals surface area contributed by atoms with E-state index in [0.29, 0.717) is 5.56 Å². The van der Waals surface area contributed by atoms with Crippen molar-refractivity contribution in [3.05, 3.63) is 29.6 Å². The van der Waals surface area contributed by atoms with Crippen molar-refractivity contribution in [1.82, 2.24) is 14.5 Å². The lowest BCUT2D eigenvalue weighted by Gasteiger charge is -2.08. The Labute approximate surface area is 101 Å². The van der Waals surface area contributed by atoms with Crippen molar-refractivity contribution in [2.45, 2.75) is 6.42 Å². The first-order valence-corrected chi connectivity index (χ1v) is 5.62. The van der Waals surface area contributed by atoms with Gasteiger partial charge in [0.05, 0.1) is 11.1 Å². The van der Waals surface area contributed by atoms with Gasteiger partial charge in [-0.05, 0) is 26.2 Å². The van der Waals surface area contributed by atoms with Crippen LogP contribution in [0.1, 0.15) is 11.4 Å². The van der Waals surface area contributed by atoms with Crippen LogP contribution in [0.25, 0.3) is 11.0 Å². The van der Waals surface area contributed by atoms with Crippen LogP contribution in [0.2, 0.25) is 0 Å². The van der Waals surface area contributed by atoms with E-state index in [-0.39, 0.29) is 0 Å². The molecule has 4 heteroatoms. The second kappa shape index (κ2) is 4.56. The third-order valence-corrected chi connectivity index (χ3v) is 2.91. The van der Waals surface area contributed by atoms with Crippen molar-refractivity contribution in [2.75, 3.05) is 20.6 Å². The monoisotopic (exact) mass is 228 g/mol. The molecule has 0 saturated heterocycles. The van der Waals surface area contributed by atoms with Gasteiger partial charge >= 0.3 is 0 Å². The molecule has 0 aliphatic heterocycles. The molecule has 2 rings (SSSR count). The smallest absolute Gasteiger partial charge is 0.110 e. The normalized spacial score (nSPS) is 11.0. The summed E-state index contributed by atoms with van der Waals surface area (Å²) in [6, 6.07) is 7.90.